The number of rotatable bonds is 6. The molecule has 1 aromatic carbocycles. The van der Waals surface area contributed by atoms with Crippen LogP contribution >= 0.6 is 23.4 Å². The van der Waals surface area contributed by atoms with Gasteiger partial charge in [-0.1, -0.05) is 30.7 Å². The average Bonchev–Trinajstić information content (AvgIpc) is 2.38. The molecular weight excluding hydrogens is 270 g/mol. The summed E-state index contributed by atoms with van der Waals surface area (Å²) in [5.74, 6) is -0.0826. The summed E-state index contributed by atoms with van der Waals surface area (Å²) in [6.07, 6.45) is 0.714. The van der Waals surface area contributed by atoms with Crippen molar-refractivity contribution in [2.75, 3.05) is 6.61 Å². The number of carbonyl (C=O) groups is 1. The molecule has 0 radical (unpaired) electrons. The van der Waals surface area contributed by atoms with Crippen LogP contribution in [0, 0.1) is 0 Å². The van der Waals surface area contributed by atoms with E-state index in [1.54, 1.807) is 6.07 Å². The Kier molecular flexibility index (Phi) is 6.54. The summed E-state index contributed by atoms with van der Waals surface area (Å²) in [5.41, 5.74) is 0. The molecule has 0 fully saturated rings. The van der Waals surface area contributed by atoms with Gasteiger partial charge in [-0.2, -0.15) is 0 Å². The van der Waals surface area contributed by atoms with Gasteiger partial charge in [0.15, 0.2) is 0 Å². The van der Waals surface area contributed by atoms with Crippen molar-refractivity contribution in [1.82, 2.24) is 5.32 Å². The summed E-state index contributed by atoms with van der Waals surface area (Å²) in [6, 6.07) is 7.26. The molecule has 0 heterocycles. The Labute approximate surface area is 117 Å². The van der Waals surface area contributed by atoms with E-state index in [4.69, 9.17) is 16.7 Å². The molecule has 100 valence electrons. The van der Waals surface area contributed by atoms with Crippen molar-refractivity contribution in [1.29, 1.82) is 0 Å². The van der Waals surface area contributed by atoms with Crippen molar-refractivity contribution in [2.45, 2.75) is 36.5 Å². The van der Waals surface area contributed by atoms with E-state index in [-0.39, 0.29) is 23.8 Å². The maximum atomic E-state index is 11.9. The average molecular weight is 288 g/mol. The normalized spacial score (nSPS) is 14.0. The number of benzene rings is 1. The van der Waals surface area contributed by atoms with E-state index < -0.39 is 0 Å². The standard InChI is InChI=1S/C13H18ClNO2S/c1-3-10(8-16)15-13(17)9(2)18-12-7-5-4-6-11(12)14/h4-7,9-10,16H,3,8H2,1-2H3,(H,15,17). The zero-order valence-electron chi connectivity index (χ0n) is 10.5. The lowest BCUT2D eigenvalue weighted by molar-refractivity contribution is -0.121. The minimum absolute atomic E-state index is 0.0360. The van der Waals surface area contributed by atoms with E-state index in [0.717, 1.165) is 4.90 Å². The zero-order valence-corrected chi connectivity index (χ0v) is 12.1. The number of halogens is 1. The van der Waals surface area contributed by atoms with Gasteiger partial charge in [-0.15, -0.1) is 11.8 Å². The van der Waals surface area contributed by atoms with E-state index in [0.29, 0.717) is 11.4 Å². The minimum Gasteiger partial charge on any atom is -0.394 e. The summed E-state index contributed by atoms with van der Waals surface area (Å²) in [6.45, 7) is 3.71. The Hall–Kier alpha value is -0.710. The largest absolute Gasteiger partial charge is 0.394 e. The second-order valence-electron chi connectivity index (χ2n) is 3.99. The van der Waals surface area contributed by atoms with Crippen molar-refractivity contribution in [2.24, 2.45) is 0 Å². The third kappa shape index (κ3) is 4.52. The van der Waals surface area contributed by atoms with Gasteiger partial charge < -0.3 is 10.4 Å². The summed E-state index contributed by atoms with van der Waals surface area (Å²) in [5, 5.41) is 12.3. The van der Waals surface area contributed by atoms with Crippen LogP contribution < -0.4 is 5.32 Å². The molecule has 3 nitrogen and oxygen atoms in total. The maximum absolute atomic E-state index is 11.9. The molecule has 0 saturated carbocycles. The molecule has 0 aliphatic heterocycles. The number of nitrogens with one attached hydrogen (secondary N) is 1. The molecule has 0 aromatic heterocycles. The fourth-order valence-corrected chi connectivity index (χ4v) is 2.54. The number of aliphatic hydroxyl groups excluding tert-OH is 1. The van der Waals surface area contributed by atoms with Gasteiger partial charge in [0.1, 0.15) is 0 Å². The Bertz CT molecular complexity index is 396. The van der Waals surface area contributed by atoms with Gasteiger partial charge in [-0.25, -0.2) is 0 Å². The molecular formula is C13H18ClNO2S. The van der Waals surface area contributed by atoms with E-state index in [2.05, 4.69) is 5.32 Å². The molecule has 1 rings (SSSR count). The monoisotopic (exact) mass is 287 g/mol. The molecule has 0 aliphatic carbocycles. The molecule has 2 N–H and O–H groups in total. The minimum atomic E-state index is -0.245. The van der Waals surface area contributed by atoms with Crippen molar-refractivity contribution in [3.8, 4) is 0 Å². The van der Waals surface area contributed by atoms with Gasteiger partial charge in [0.25, 0.3) is 0 Å². The third-order valence-electron chi connectivity index (χ3n) is 2.57. The second-order valence-corrected chi connectivity index (χ2v) is 5.78. The van der Waals surface area contributed by atoms with Gasteiger partial charge in [0.05, 0.1) is 22.9 Å². The molecule has 2 unspecified atom stereocenters. The van der Waals surface area contributed by atoms with Crippen LogP contribution in [-0.2, 0) is 4.79 Å². The quantitative estimate of drug-likeness (QED) is 0.791. The lowest BCUT2D eigenvalue weighted by atomic mass is 10.2. The van der Waals surface area contributed by atoms with Crippen molar-refractivity contribution in [3.63, 3.8) is 0 Å². The van der Waals surface area contributed by atoms with Gasteiger partial charge >= 0.3 is 0 Å². The Balaban J connectivity index is 2.57. The second kappa shape index (κ2) is 7.67. The number of hydrogen-bond donors (Lipinski definition) is 2. The summed E-state index contributed by atoms with van der Waals surface area (Å²) in [7, 11) is 0. The number of carbonyl (C=O) groups excluding carboxylic acids is 1. The van der Waals surface area contributed by atoms with Crippen LogP contribution in [0.25, 0.3) is 0 Å². The fourth-order valence-electron chi connectivity index (χ4n) is 1.38. The van der Waals surface area contributed by atoms with Crippen molar-refractivity contribution in [3.05, 3.63) is 29.3 Å². The predicted molar refractivity (Wildman–Crippen MR) is 76.1 cm³/mol. The molecule has 0 saturated heterocycles. The number of hydrogen-bond acceptors (Lipinski definition) is 3. The highest BCUT2D eigenvalue weighted by molar-refractivity contribution is 8.00. The van der Waals surface area contributed by atoms with Crippen LogP contribution in [0.5, 0.6) is 0 Å². The smallest absolute Gasteiger partial charge is 0.233 e. The van der Waals surface area contributed by atoms with Crippen LogP contribution in [0.1, 0.15) is 20.3 Å². The van der Waals surface area contributed by atoms with Gasteiger partial charge in [0, 0.05) is 4.90 Å². The summed E-state index contributed by atoms with van der Waals surface area (Å²) in [4.78, 5) is 12.8. The van der Waals surface area contributed by atoms with Gasteiger partial charge in [-0.3, -0.25) is 4.79 Å². The first kappa shape index (κ1) is 15.3. The number of thioether (sulfide) groups is 1. The van der Waals surface area contributed by atoms with Crippen molar-refractivity contribution < 1.29 is 9.90 Å². The lowest BCUT2D eigenvalue weighted by Crippen LogP contribution is -2.40. The highest BCUT2D eigenvalue weighted by Gasteiger charge is 2.18. The Morgan fingerprint density at radius 1 is 1.50 bits per heavy atom. The molecule has 0 aliphatic rings. The summed E-state index contributed by atoms with van der Waals surface area (Å²) < 4.78 is 0. The molecule has 18 heavy (non-hydrogen) atoms. The molecule has 1 amide bonds. The van der Waals surface area contributed by atoms with E-state index >= 15 is 0 Å². The van der Waals surface area contributed by atoms with E-state index in [1.165, 1.54) is 11.8 Å². The van der Waals surface area contributed by atoms with Crippen LogP contribution in [-0.4, -0.2) is 28.9 Å². The highest BCUT2D eigenvalue weighted by Crippen LogP contribution is 2.29. The third-order valence-corrected chi connectivity index (χ3v) is 4.19. The van der Waals surface area contributed by atoms with Gasteiger partial charge in [0.2, 0.25) is 5.91 Å². The van der Waals surface area contributed by atoms with Crippen LogP contribution in [0.4, 0.5) is 0 Å². The molecule has 0 spiro atoms. The topological polar surface area (TPSA) is 49.3 Å². The number of aliphatic hydroxyl groups is 1. The molecule has 5 heteroatoms. The molecule has 2 atom stereocenters. The SMILES string of the molecule is CCC(CO)NC(=O)C(C)Sc1ccccc1Cl. The van der Waals surface area contributed by atoms with Crippen LogP contribution in [0.3, 0.4) is 0 Å². The zero-order chi connectivity index (χ0) is 13.5. The number of amides is 1. The van der Waals surface area contributed by atoms with E-state index in [1.807, 2.05) is 32.0 Å². The Morgan fingerprint density at radius 3 is 2.72 bits per heavy atom. The van der Waals surface area contributed by atoms with Gasteiger partial charge in [-0.05, 0) is 25.5 Å². The maximum Gasteiger partial charge on any atom is 0.233 e. The lowest BCUT2D eigenvalue weighted by Gasteiger charge is -2.17. The first-order valence-electron chi connectivity index (χ1n) is 5.90. The van der Waals surface area contributed by atoms with Crippen molar-refractivity contribution >= 4 is 29.3 Å². The molecule has 0 bridgehead atoms. The van der Waals surface area contributed by atoms with Crippen LogP contribution in [0.2, 0.25) is 5.02 Å². The van der Waals surface area contributed by atoms with E-state index in [9.17, 15) is 4.79 Å². The summed E-state index contributed by atoms with van der Waals surface area (Å²) >= 11 is 7.46. The highest BCUT2D eigenvalue weighted by atomic mass is 35.5. The first-order valence-corrected chi connectivity index (χ1v) is 7.16. The molecule has 1 aromatic rings. The predicted octanol–water partition coefficient (Wildman–Crippen LogP) is 2.71. The first-order chi connectivity index (χ1) is 8.58. The Morgan fingerprint density at radius 2 is 2.17 bits per heavy atom. The fraction of sp³-hybridized carbons (Fsp3) is 0.462. The van der Waals surface area contributed by atoms with Crippen LogP contribution in [0.15, 0.2) is 29.2 Å².